The molecule has 158 valence electrons. The first-order valence-corrected chi connectivity index (χ1v) is 11.0. The summed E-state index contributed by atoms with van der Waals surface area (Å²) in [6.07, 6.45) is 0.627. The highest BCUT2D eigenvalue weighted by atomic mass is 32.2. The van der Waals surface area contributed by atoms with Crippen molar-refractivity contribution in [1.82, 2.24) is 4.31 Å². The molecule has 4 rings (SSSR count). The molecule has 1 aliphatic rings. The van der Waals surface area contributed by atoms with Crippen LogP contribution in [0.2, 0.25) is 0 Å². The molecule has 0 saturated heterocycles. The lowest BCUT2D eigenvalue weighted by Gasteiger charge is -2.28. The predicted octanol–water partition coefficient (Wildman–Crippen LogP) is 3.59. The van der Waals surface area contributed by atoms with Gasteiger partial charge in [0, 0.05) is 36.5 Å². The fraction of sp³-hybridized carbons (Fsp3) is 0.136. The number of amides is 1. The normalized spacial score (nSPS) is 13.9. The smallest absolute Gasteiger partial charge is 0.271 e. The van der Waals surface area contributed by atoms with E-state index in [4.69, 9.17) is 0 Å². The number of nitrogens with zero attached hydrogens (tertiary/aromatic N) is 2. The van der Waals surface area contributed by atoms with Crippen molar-refractivity contribution in [3.63, 3.8) is 0 Å². The fourth-order valence-corrected chi connectivity index (χ4v) is 4.99. The van der Waals surface area contributed by atoms with Gasteiger partial charge >= 0.3 is 0 Å². The highest BCUT2D eigenvalue weighted by Gasteiger charge is 2.28. The number of fused-ring (bicyclic) bond motifs is 1. The van der Waals surface area contributed by atoms with E-state index in [1.807, 2.05) is 24.3 Å². The minimum Gasteiger partial charge on any atom is -0.322 e. The Morgan fingerprint density at radius 3 is 2.48 bits per heavy atom. The summed E-state index contributed by atoms with van der Waals surface area (Å²) in [7, 11) is -3.79. The number of benzene rings is 3. The van der Waals surface area contributed by atoms with E-state index < -0.39 is 20.9 Å². The fourth-order valence-electron chi connectivity index (χ4n) is 3.52. The molecule has 1 N–H and O–H groups in total. The molecule has 1 aliphatic heterocycles. The van der Waals surface area contributed by atoms with Crippen LogP contribution in [0.1, 0.15) is 21.5 Å². The number of nitro groups is 1. The zero-order valence-electron chi connectivity index (χ0n) is 16.4. The maximum atomic E-state index is 13.2. The van der Waals surface area contributed by atoms with E-state index in [9.17, 15) is 23.3 Å². The molecule has 9 heteroatoms. The number of nitro benzene ring substituents is 1. The summed E-state index contributed by atoms with van der Waals surface area (Å²) >= 11 is 0. The minimum absolute atomic E-state index is 0.0265. The standard InChI is InChI=1S/C22H19N3O5S/c26-22(23-19-8-4-9-20(14-19)25(27)28)17-7-3-10-21(13-17)31(29,30)24-12-11-16-5-1-2-6-18(16)15-24/h1-10,13-14H,11-12,15H2,(H,23,26). The number of non-ortho nitro benzene ring substituents is 1. The van der Waals surface area contributed by atoms with Gasteiger partial charge < -0.3 is 5.32 Å². The third-order valence-electron chi connectivity index (χ3n) is 5.14. The van der Waals surface area contributed by atoms with E-state index in [1.165, 1.54) is 52.8 Å². The van der Waals surface area contributed by atoms with Crippen LogP contribution in [-0.2, 0) is 23.0 Å². The first-order valence-electron chi connectivity index (χ1n) is 9.57. The van der Waals surface area contributed by atoms with Gasteiger partial charge in [0.1, 0.15) is 0 Å². The van der Waals surface area contributed by atoms with E-state index in [-0.39, 0.29) is 28.4 Å². The SMILES string of the molecule is O=C(Nc1cccc([N+](=O)[O-])c1)c1cccc(S(=O)(=O)N2CCc3ccccc3C2)c1. The highest BCUT2D eigenvalue weighted by Crippen LogP contribution is 2.26. The Kier molecular flexibility index (Phi) is 5.53. The number of carbonyl (C=O) groups excluding carboxylic acids is 1. The monoisotopic (exact) mass is 437 g/mol. The van der Waals surface area contributed by atoms with Crippen molar-refractivity contribution in [2.24, 2.45) is 0 Å². The Morgan fingerprint density at radius 2 is 1.71 bits per heavy atom. The number of anilines is 1. The second kappa shape index (κ2) is 8.29. The Hall–Kier alpha value is -3.56. The molecule has 0 atom stereocenters. The second-order valence-electron chi connectivity index (χ2n) is 7.15. The van der Waals surface area contributed by atoms with Crippen LogP contribution in [0.25, 0.3) is 0 Å². The van der Waals surface area contributed by atoms with Crippen LogP contribution in [-0.4, -0.2) is 30.1 Å². The van der Waals surface area contributed by atoms with Gasteiger partial charge in [0.05, 0.1) is 9.82 Å². The second-order valence-corrected chi connectivity index (χ2v) is 9.08. The zero-order chi connectivity index (χ0) is 22.0. The maximum absolute atomic E-state index is 13.2. The molecule has 1 amide bonds. The average Bonchev–Trinajstić information content (AvgIpc) is 2.79. The molecule has 0 fully saturated rings. The molecule has 0 saturated carbocycles. The molecule has 0 spiro atoms. The van der Waals surface area contributed by atoms with E-state index >= 15 is 0 Å². The summed E-state index contributed by atoms with van der Waals surface area (Å²) in [4.78, 5) is 23.0. The quantitative estimate of drug-likeness (QED) is 0.485. The molecule has 0 bridgehead atoms. The van der Waals surface area contributed by atoms with Crippen LogP contribution < -0.4 is 5.32 Å². The van der Waals surface area contributed by atoms with Crippen molar-refractivity contribution in [2.75, 3.05) is 11.9 Å². The average molecular weight is 437 g/mol. The molecule has 3 aromatic carbocycles. The first-order chi connectivity index (χ1) is 14.8. The van der Waals surface area contributed by atoms with E-state index in [0.29, 0.717) is 13.0 Å². The molecule has 1 heterocycles. The first kappa shape index (κ1) is 20.7. The third kappa shape index (κ3) is 4.32. The van der Waals surface area contributed by atoms with Crippen molar-refractivity contribution in [2.45, 2.75) is 17.9 Å². The predicted molar refractivity (Wildman–Crippen MR) is 115 cm³/mol. The van der Waals surface area contributed by atoms with Crippen LogP contribution in [0, 0.1) is 10.1 Å². The van der Waals surface area contributed by atoms with Crippen LogP contribution in [0.5, 0.6) is 0 Å². The van der Waals surface area contributed by atoms with Gasteiger partial charge in [0.25, 0.3) is 11.6 Å². The van der Waals surface area contributed by atoms with Gasteiger partial charge in [-0.05, 0) is 41.8 Å². The molecule has 0 aliphatic carbocycles. The lowest BCUT2D eigenvalue weighted by molar-refractivity contribution is -0.384. The summed E-state index contributed by atoms with van der Waals surface area (Å²) in [6, 6.07) is 19.1. The van der Waals surface area contributed by atoms with E-state index in [2.05, 4.69) is 5.32 Å². The molecule has 0 unspecified atom stereocenters. The van der Waals surface area contributed by atoms with E-state index in [0.717, 1.165) is 11.1 Å². The van der Waals surface area contributed by atoms with Crippen molar-refractivity contribution in [3.8, 4) is 0 Å². The van der Waals surface area contributed by atoms with Crippen molar-refractivity contribution < 1.29 is 18.1 Å². The van der Waals surface area contributed by atoms with Crippen LogP contribution in [0.4, 0.5) is 11.4 Å². The lowest BCUT2D eigenvalue weighted by atomic mass is 10.0. The summed E-state index contributed by atoms with van der Waals surface area (Å²) in [5.74, 6) is -0.554. The maximum Gasteiger partial charge on any atom is 0.271 e. The Balaban J connectivity index is 1.56. The minimum atomic E-state index is -3.79. The van der Waals surface area contributed by atoms with Gasteiger partial charge in [-0.3, -0.25) is 14.9 Å². The Labute approximate surface area is 179 Å². The number of nitrogens with one attached hydrogen (secondary N) is 1. The zero-order valence-corrected chi connectivity index (χ0v) is 17.2. The summed E-state index contributed by atoms with van der Waals surface area (Å²) in [6.45, 7) is 0.645. The summed E-state index contributed by atoms with van der Waals surface area (Å²) in [5.41, 5.74) is 2.35. The van der Waals surface area contributed by atoms with Gasteiger partial charge in [-0.25, -0.2) is 8.42 Å². The number of carbonyl (C=O) groups is 1. The molecule has 0 radical (unpaired) electrons. The van der Waals surface area contributed by atoms with Crippen molar-refractivity contribution in [1.29, 1.82) is 0 Å². The van der Waals surface area contributed by atoms with Crippen LogP contribution in [0.15, 0.2) is 77.7 Å². The van der Waals surface area contributed by atoms with Crippen LogP contribution in [0.3, 0.4) is 0 Å². The number of hydrogen-bond donors (Lipinski definition) is 1. The highest BCUT2D eigenvalue weighted by molar-refractivity contribution is 7.89. The Morgan fingerprint density at radius 1 is 0.968 bits per heavy atom. The molecular formula is C22H19N3O5S. The van der Waals surface area contributed by atoms with Gasteiger partial charge in [-0.2, -0.15) is 4.31 Å². The summed E-state index contributed by atoms with van der Waals surface area (Å²) < 4.78 is 27.7. The van der Waals surface area contributed by atoms with Gasteiger partial charge in [-0.1, -0.05) is 36.4 Å². The lowest BCUT2D eigenvalue weighted by Crippen LogP contribution is -2.36. The van der Waals surface area contributed by atoms with Crippen molar-refractivity contribution >= 4 is 27.3 Å². The van der Waals surface area contributed by atoms with Gasteiger partial charge in [0.2, 0.25) is 10.0 Å². The number of hydrogen-bond acceptors (Lipinski definition) is 5. The summed E-state index contributed by atoms with van der Waals surface area (Å²) in [5, 5.41) is 13.5. The van der Waals surface area contributed by atoms with Gasteiger partial charge in [-0.15, -0.1) is 0 Å². The molecule has 0 aromatic heterocycles. The van der Waals surface area contributed by atoms with Crippen LogP contribution >= 0.6 is 0 Å². The van der Waals surface area contributed by atoms with E-state index in [1.54, 1.807) is 0 Å². The number of sulfonamides is 1. The molecule has 31 heavy (non-hydrogen) atoms. The topological polar surface area (TPSA) is 110 Å². The molecule has 8 nitrogen and oxygen atoms in total. The molecular weight excluding hydrogens is 418 g/mol. The Bertz CT molecular complexity index is 1270. The molecule has 3 aromatic rings. The number of rotatable bonds is 5. The largest absolute Gasteiger partial charge is 0.322 e. The van der Waals surface area contributed by atoms with Gasteiger partial charge in [0.15, 0.2) is 0 Å². The third-order valence-corrected chi connectivity index (χ3v) is 6.99. The van der Waals surface area contributed by atoms with Crippen molar-refractivity contribution in [3.05, 3.63) is 99.6 Å².